The first-order chi connectivity index (χ1) is 9.51. The van der Waals surface area contributed by atoms with Crippen molar-refractivity contribution in [2.45, 2.75) is 9.79 Å². The zero-order valence-electron chi connectivity index (χ0n) is 10.4. The highest BCUT2D eigenvalue weighted by Crippen LogP contribution is 2.39. The summed E-state index contributed by atoms with van der Waals surface area (Å²) in [5, 5.41) is 14.7. The molecule has 104 valence electrons. The van der Waals surface area contributed by atoms with Gasteiger partial charge in [0.15, 0.2) is 0 Å². The smallest absolute Gasteiger partial charge is 0.270 e. The third kappa shape index (κ3) is 3.36. The lowest BCUT2D eigenvalue weighted by Gasteiger charge is -2.10. The lowest BCUT2D eigenvalue weighted by atomic mass is 10.3. The average molecular weight is 329 g/mol. The Hall–Kier alpha value is -1.43. The largest absolute Gasteiger partial charge is 0.387 e. The number of hydrogen-bond donors (Lipinski definition) is 1. The minimum atomic E-state index is -0.473. The van der Waals surface area contributed by atoms with Crippen molar-refractivity contribution in [1.29, 1.82) is 0 Å². The second-order valence-corrected chi connectivity index (χ2v) is 5.79. The van der Waals surface area contributed by atoms with Crippen LogP contribution in [0.3, 0.4) is 0 Å². The van der Waals surface area contributed by atoms with Crippen LogP contribution in [-0.4, -0.2) is 12.0 Å². The van der Waals surface area contributed by atoms with Gasteiger partial charge >= 0.3 is 0 Å². The van der Waals surface area contributed by atoms with Gasteiger partial charge in [0.25, 0.3) is 5.69 Å². The number of nitro benzene ring substituents is 1. The van der Waals surface area contributed by atoms with E-state index in [2.05, 4.69) is 5.32 Å². The third-order valence-electron chi connectivity index (χ3n) is 2.56. The Morgan fingerprint density at radius 2 is 1.90 bits per heavy atom. The van der Waals surface area contributed by atoms with Crippen LogP contribution >= 0.6 is 35.0 Å². The Morgan fingerprint density at radius 3 is 2.50 bits per heavy atom. The highest BCUT2D eigenvalue weighted by atomic mass is 35.5. The van der Waals surface area contributed by atoms with Crippen LogP contribution < -0.4 is 5.32 Å². The van der Waals surface area contributed by atoms with Gasteiger partial charge < -0.3 is 5.32 Å². The van der Waals surface area contributed by atoms with E-state index >= 15 is 0 Å². The van der Waals surface area contributed by atoms with Crippen molar-refractivity contribution in [2.75, 3.05) is 12.4 Å². The Balaban J connectivity index is 2.35. The molecule has 0 amide bonds. The summed E-state index contributed by atoms with van der Waals surface area (Å²) < 4.78 is 0. The van der Waals surface area contributed by atoms with E-state index in [4.69, 9.17) is 23.2 Å². The van der Waals surface area contributed by atoms with Crippen molar-refractivity contribution in [3.8, 4) is 0 Å². The average Bonchev–Trinajstić information content (AvgIpc) is 2.41. The summed E-state index contributed by atoms with van der Waals surface area (Å²) in [7, 11) is 1.81. The molecule has 4 nitrogen and oxygen atoms in total. The second-order valence-electron chi connectivity index (χ2n) is 3.86. The van der Waals surface area contributed by atoms with Gasteiger partial charge in [-0.1, -0.05) is 35.0 Å². The fourth-order valence-electron chi connectivity index (χ4n) is 1.59. The zero-order valence-corrected chi connectivity index (χ0v) is 12.7. The molecule has 0 saturated heterocycles. The standard InChI is InChI=1S/C13H10Cl2N2O2S/c1-16-11-4-2-8(14)6-13(11)20-12-5-3-9(17(18)19)7-10(12)15/h2-7,16H,1H3. The first kappa shape index (κ1) is 15.0. The first-order valence-electron chi connectivity index (χ1n) is 5.60. The van der Waals surface area contributed by atoms with Gasteiger partial charge in [-0.2, -0.15) is 0 Å². The van der Waals surface area contributed by atoms with E-state index in [1.807, 2.05) is 19.2 Å². The quantitative estimate of drug-likeness (QED) is 0.627. The SMILES string of the molecule is CNc1ccc(Cl)cc1Sc1ccc([N+](=O)[O-])cc1Cl. The van der Waals surface area contributed by atoms with Gasteiger partial charge in [-0.3, -0.25) is 10.1 Å². The summed E-state index contributed by atoms with van der Waals surface area (Å²) in [4.78, 5) is 11.8. The molecule has 2 rings (SSSR count). The number of benzene rings is 2. The van der Waals surface area contributed by atoms with Crippen molar-refractivity contribution in [3.63, 3.8) is 0 Å². The topological polar surface area (TPSA) is 55.2 Å². The normalized spacial score (nSPS) is 10.3. The number of nitro groups is 1. The number of halogens is 2. The van der Waals surface area contributed by atoms with Crippen LogP contribution in [0.15, 0.2) is 46.2 Å². The molecule has 2 aromatic rings. The summed E-state index contributed by atoms with van der Waals surface area (Å²) in [6, 6.07) is 9.87. The molecule has 2 aromatic carbocycles. The monoisotopic (exact) mass is 328 g/mol. The second kappa shape index (κ2) is 6.35. The van der Waals surface area contributed by atoms with E-state index < -0.39 is 4.92 Å². The third-order valence-corrected chi connectivity index (χ3v) is 4.35. The maximum absolute atomic E-state index is 10.7. The van der Waals surface area contributed by atoms with Crippen molar-refractivity contribution in [3.05, 3.63) is 56.6 Å². The minimum absolute atomic E-state index is 0.0284. The predicted molar refractivity (Wildman–Crippen MR) is 83.2 cm³/mol. The van der Waals surface area contributed by atoms with Crippen LogP contribution in [-0.2, 0) is 0 Å². The maximum atomic E-state index is 10.7. The Kier molecular flexibility index (Phi) is 4.75. The molecule has 0 unspecified atom stereocenters. The molecular weight excluding hydrogens is 319 g/mol. The van der Waals surface area contributed by atoms with E-state index in [-0.39, 0.29) is 5.69 Å². The summed E-state index contributed by atoms with van der Waals surface area (Å²) in [5.41, 5.74) is 0.883. The number of rotatable bonds is 4. The molecule has 0 aliphatic heterocycles. The van der Waals surface area contributed by atoms with Crippen molar-refractivity contribution in [2.24, 2.45) is 0 Å². The van der Waals surface area contributed by atoms with Gasteiger partial charge in [0, 0.05) is 39.7 Å². The molecule has 0 fully saturated rings. The lowest BCUT2D eigenvalue weighted by Crippen LogP contribution is -1.91. The van der Waals surface area contributed by atoms with E-state index in [0.717, 1.165) is 15.5 Å². The van der Waals surface area contributed by atoms with Gasteiger partial charge in [0.05, 0.1) is 9.95 Å². The number of nitrogens with zero attached hydrogens (tertiary/aromatic N) is 1. The van der Waals surface area contributed by atoms with Gasteiger partial charge in [0.2, 0.25) is 0 Å². The van der Waals surface area contributed by atoms with E-state index in [1.54, 1.807) is 12.1 Å². The number of nitrogens with one attached hydrogen (secondary N) is 1. The lowest BCUT2D eigenvalue weighted by molar-refractivity contribution is -0.384. The van der Waals surface area contributed by atoms with E-state index in [9.17, 15) is 10.1 Å². The van der Waals surface area contributed by atoms with Crippen molar-refractivity contribution < 1.29 is 4.92 Å². The van der Waals surface area contributed by atoms with Gasteiger partial charge in [-0.05, 0) is 24.3 Å². The van der Waals surface area contributed by atoms with Crippen LogP contribution in [0.4, 0.5) is 11.4 Å². The summed E-state index contributed by atoms with van der Waals surface area (Å²) >= 11 is 13.5. The Bertz CT molecular complexity index is 665. The van der Waals surface area contributed by atoms with Crippen LogP contribution in [0, 0.1) is 10.1 Å². The fraction of sp³-hybridized carbons (Fsp3) is 0.0769. The molecule has 0 bridgehead atoms. The molecule has 0 aliphatic carbocycles. The number of anilines is 1. The molecule has 0 saturated carbocycles. The van der Waals surface area contributed by atoms with Gasteiger partial charge in [-0.25, -0.2) is 0 Å². The van der Waals surface area contributed by atoms with E-state index in [1.165, 1.54) is 23.9 Å². The van der Waals surface area contributed by atoms with Crippen LogP contribution in [0.1, 0.15) is 0 Å². The summed E-state index contributed by atoms with van der Waals surface area (Å²) in [6.07, 6.45) is 0. The molecule has 0 aliphatic rings. The summed E-state index contributed by atoms with van der Waals surface area (Å²) in [5.74, 6) is 0. The van der Waals surface area contributed by atoms with Crippen LogP contribution in [0.2, 0.25) is 10.0 Å². The fourth-order valence-corrected chi connectivity index (χ4v) is 3.11. The Labute approximate surface area is 130 Å². The van der Waals surface area contributed by atoms with Crippen LogP contribution in [0.25, 0.3) is 0 Å². The minimum Gasteiger partial charge on any atom is -0.387 e. The van der Waals surface area contributed by atoms with Crippen molar-refractivity contribution in [1.82, 2.24) is 0 Å². The van der Waals surface area contributed by atoms with Crippen LogP contribution in [0.5, 0.6) is 0 Å². The molecule has 0 radical (unpaired) electrons. The zero-order chi connectivity index (χ0) is 14.7. The molecule has 7 heteroatoms. The van der Waals surface area contributed by atoms with Crippen molar-refractivity contribution >= 4 is 46.3 Å². The molecule has 1 N–H and O–H groups in total. The van der Waals surface area contributed by atoms with E-state index in [0.29, 0.717) is 10.0 Å². The molecular formula is C13H10Cl2N2O2S. The highest BCUT2D eigenvalue weighted by molar-refractivity contribution is 7.99. The molecule has 20 heavy (non-hydrogen) atoms. The molecule has 0 aromatic heterocycles. The number of non-ortho nitro benzene ring substituents is 1. The van der Waals surface area contributed by atoms with Gasteiger partial charge in [-0.15, -0.1) is 0 Å². The highest BCUT2D eigenvalue weighted by Gasteiger charge is 2.12. The first-order valence-corrected chi connectivity index (χ1v) is 7.17. The maximum Gasteiger partial charge on any atom is 0.270 e. The Morgan fingerprint density at radius 1 is 1.15 bits per heavy atom. The predicted octanol–water partition coefficient (Wildman–Crippen LogP) is 5.09. The molecule has 0 heterocycles. The number of hydrogen-bond acceptors (Lipinski definition) is 4. The molecule has 0 atom stereocenters. The summed E-state index contributed by atoms with van der Waals surface area (Å²) in [6.45, 7) is 0. The van der Waals surface area contributed by atoms with Gasteiger partial charge in [0.1, 0.15) is 0 Å². The molecule has 0 spiro atoms.